The molecule has 0 aliphatic heterocycles. The van der Waals surface area contributed by atoms with Crippen LogP contribution in [-0.2, 0) is 13.6 Å². The summed E-state index contributed by atoms with van der Waals surface area (Å²) in [6.45, 7) is 5.07. The van der Waals surface area contributed by atoms with Gasteiger partial charge in [-0.3, -0.25) is 4.68 Å². The highest BCUT2D eigenvalue weighted by atomic mass is 16.5. The monoisotopic (exact) mass is 259 g/mol. The Morgan fingerprint density at radius 3 is 2.74 bits per heavy atom. The lowest BCUT2D eigenvalue weighted by molar-refractivity contribution is 0.416. The zero-order chi connectivity index (χ0) is 13.8. The van der Waals surface area contributed by atoms with Gasteiger partial charge in [-0.25, -0.2) is 0 Å². The summed E-state index contributed by atoms with van der Waals surface area (Å²) >= 11 is 0. The van der Waals surface area contributed by atoms with Gasteiger partial charge in [-0.1, -0.05) is 26.0 Å². The van der Waals surface area contributed by atoms with Crippen LogP contribution in [-0.4, -0.2) is 16.9 Å². The molecule has 0 saturated heterocycles. The van der Waals surface area contributed by atoms with Crippen LogP contribution in [0.3, 0.4) is 0 Å². The van der Waals surface area contributed by atoms with Crippen molar-refractivity contribution in [2.75, 3.05) is 12.4 Å². The summed E-state index contributed by atoms with van der Waals surface area (Å²) in [6.07, 6.45) is 2.07. The lowest BCUT2D eigenvalue weighted by atomic mass is 10.1. The van der Waals surface area contributed by atoms with E-state index in [0.717, 1.165) is 23.7 Å². The number of para-hydroxylation sites is 2. The maximum Gasteiger partial charge on any atom is 0.141 e. The maximum absolute atomic E-state index is 5.33. The average molecular weight is 259 g/mol. The molecular weight excluding hydrogens is 238 g/mol. The van der Waals surface area contributed by atoms with Gasteiger partial charge in [0.05, 0.1) is 18.5 Å². The highest BCUT2D eigenvalue weighted by molar-refractivity contribution is 5.56. The van der Waals surface area contributed by atoms with Crippen molar-refractivity contribution in [1.29, 1.82) is 0 Å². The molecule has 0 atom stereocenters. The number of nitrogens with zero attached hydrogens (tertiary/aromatic N) is 2. The Bertz CT molecular complexity index is 546. The first-order valence-electron chi connectivity index (χ1n) is 6.51. The first kappa shape index (κ1) is 13.5. The van der Waals surface area contributed by atoms with Gasteiger partial charge in [-0.15, -0.1) is 0 Å². The zero-order valence-corrected chi connectivity index (χ0v) is 12.0. The van der Waals surface area contributed by atoms with Crippen molar-refractivity contribution >= 4 is 5.69 Å². The van der Waals surface area contributed by atoms with Gasteiger partial charge in [0, 0.05) is 25.4 Å². The second-order valence-corrected chi connectivity index (χ2v) is 4.92. The Labute approximate surface area is 114 Å². The quantitative estimate of drug-likeness (QED) is 0.896. The van der Waals surface area contributed by atoms with E-state index in [4.69, 9.17) is 4.74 Å². The molecule has 2 rings (SSSR count). The number of ether oxygens (including phenoxy) is 1. The highest BCUT2D eigenvalue weighted by Crippen LogP contribution is 2.25. The van der Waals surface area contributed by atoms with Crippen LogP contribution in [0.2, 0.25) is 0 Å². The van der Waals surface area contributed by atoms with Crippen LogP contribution in [0.5, 0.6) is 5.75 Å². The van der Waals surface area contributed by atoms with Gasteiger partial charge in [-0.2, -0.15) is 5.10 Å². The molecule has 19 heavy (non-hydrogen) atoms. The number of nitrogens with one attached hydrogen (secondary N) is 1. The third-order valence-electron chi connectivity index (χ3n) is 3.06. The Morgan fingerprint density at radius 1 is 1.32 bits per heavy atom. The van der Waals surface area contributed by atoms with E-state index in [1.807, 2.05) is 36.0 Å². The summed E-state index contributed by atoms with van der Waals surface area (Å²) < 4.78 is 7.20. The molecule has 1 aromatic heterocycles. The van der Waals surface area contributed by atoms with E-state index in [-0.39, 0.29) is 0 Å². The number of hydrogen-bond acceptors (Lipinski definition) is 3. The summed E-state index contributed by atoms with van der Waals surface area (Å²) in [5.74, 6) is 1.29. The largest absolute Gasteiger partial charge is 0.495 e. The van der Waals surface area contributed by atoms with Crippen LogP contribution in [0.1, 0.15) is 31.0 Å². The summed E-state index contributed by atoms with van der Waals surface area (Å²) in [5, 5.41) is 7.92. The first-order valence-corrected chi connectivity index (χ1v) is 6.51. The van der Waals surface area contributed by atoms with E-state index in [1.54, 1.807) is 7.11 Å². The minimum absolute atomic E-state index is 0.427. The van der Waals surface area contributed by atoms with Crippen LogP contribution in [0.4, 0.5) is 5.69 Å². The number of benzene rings is 1. The summed E-state index contributed by atoms with van der Waals surface area (Å²) in [7, 11) is 3.64. The van der Waals surface area contributed by atoms with Crippen molar-refractivity contribution in [3.8, 4) is 5.75 Å². The van der Waals surface area contributed by atoms with Crippen molar-refractivity contribution in [3.05, 3.63) is 41.7 Å². The van der Waals surface area contributed by atoms with Crippen LogP contribution < -0.4 is 10.1 Å². The van der Waals surface area contributed by atoms with E-state index in [9.17, 15) is 0 Å². The molecule has 0 unspecified atom stereocenters. The van der Waals surface area contributed by atoms with Gasteiger partial charge in [-0.05, 0) is 18.1 Å². The third-order valence-corrected chi connectivity index (χ3v) is 3.06. The smallest absolute Gasteiger partial charge is 0.141 e. The first-order chi connectivity index (χ1) is 9.11. The number of anilines is 1. The molecule has 1 aromatic carbocycles. The number of hydrogen-bond donors (Lipinski definition) is 1. The maximum atomic E-state index is 5.33. The fourth-order valence-electron chi connectivity index (χ4n) is 2.16. The van der Waals surface area contributed by atoms with Gasteiger partial charge in [0.15, 0.2) is 0 Å². The van der Waals surface area contributed by atoms with Crippen molar-refractivity contribution in [1.82, 2.24) is 9.78 Å². The number of aromatic nitrogens is 2. The molecule has 0 fully saturated rings. The molecule has 2 aromatic rings. The van der Waals surface area contributed by atoms with Crippen molar-refractivity contribution in [2.24, 2.45) is 7.05 Å². The molecule has 102 valence electrons. The lowest BCUT2D eigenvalue weighted by Gasteiger charge is -2.11. The molecule has 1 N–H and O–H groups in total. The standard InChI is InChI=1S/C15H21N3O/c1-11(2)15-12(10-18(3)17-15)9-16-13-7-5-6-8-14(13)19-4/h5-8,10-11,16H,9H2,1-4H3. The SMILES string of the molecule is COc1ccccc1NCc1cn(C)nc1C(C)C. The zero-order valence-electron chi connectivity index (χ0n) is 12.0. The molecule has 0 radical (unpaired) electrons. The molecule has 4 nitrogen and oxygen atoms in total. The fourth-order valence-corrected chi connectivity index (χ4v) is 2.16. The third kappa shape index (κ3) is 3.08. The Morgan fingerprint density at radius 2 is 2.05 bits per heavy atom. The minimum Gasteiger partial charge on any atom is -0.495 e. The highest BCUT2D eigenvalue weighted by Gasteiger charge is 2.11. The van der Waals surface area contributed by atoms with Gasteiger partial charge in [0.1, 0.15) is 5.75 Å². The molecule has 0 saturated carbocycles. The fraction of sp³-hybridized carbons (Fsp3) is 0.400. The van der Waals surface area contributed by atoms with Gasteiger partial charge >= 0.3 is 0 Å². The van der Waals surface area contributed by atoms with Crippen molar-refractivity contribution < 1.29 is 4.74 Å². The van der Waals surface area contributed by atoms with Crippen LogP contribution >= 0.6 is 0 Å². The van der Waals surface area contributed by atoms with Crippen molar-refractivity contribution in [3.63, 3.8) is 0 Å². The van der Waals surface area contributed by atoms with Gasteiger partial charge in [0.2, 0.25) is 0 Å². The van der Waals surface area contributed by atoms with E-state index >= 15 is 0 Å². The lowest BCUT2D eigenvalue weighted by Crippen LogP contribution is -2.03. The molecule has 0 bridgehead atoms. The Balaban J connectivity index is 2.14. The molecule has 0 amide bonds. The summed E-state index contributed by atoms with van der Waals surface area (Å²) in [6, 6.07) is 7.93. The van der Waals surface area contributed by atoms with Gasteiger partial charge < -0.3 is 10.1 Å². The van der Waals surface area contributed by atoms with Crippen molar-refractivity contribution in [2.45, 2.75) is 26.3 Å². The van der Waals surface area contributed by atoms with Gasteiger partial charge in [0.25, 0.3) is 0 Å². The molecular formula is C15H21N3O. The molecule has 4 heteroatoms. The minimum atomic E-state index is 0.427. The van der Waals surface area contributed by atoms with Crippen LogP contribution in [0, 0.1) is 0 Å². The van der Waals surface area contributed by atoms with Crippen LogP contribution in [0.15, 0.2) is 30.5 Å². The van der Waals surface area contributed by atoms with Crippen LogP contribution in [0.25, 0.3) is 0 Å². The molecule has 1 heterocycles. The summed E-state index contributed by atoms with van der Waals surface area (Å²) in [5.41, 5.74) is 3.37. The predicted molar refractivity (Wildman–Crippen MR) is 77.6 cm³/mol. The normalized spacial score (nSPS) is 10.8. The second-order valence-electron chi connectivity index (χ2n) is 4.92. The Hall–Kier alpha value is -1.97. The average Bonchev–Trinajstić information content (AvgIpc) is 2.78. The second kappa shape index (κ2) is 5.78. The molecule has 0 aliphatic carbocycles. The number of methoxy groups -OCH3 is 1. The summed E-state index contributed by atoms with van der Waals surface area (Å²) in [4.78, 5) is 0. The number of aryl methyl sites for hydroxylation is 1. The van der Waals surface area contributed by atoms with E-state index in [2.05, 4.69) is 30.5 Å². The van der Waals surface area contributed by atoms with E-state index in [0.29, 0.717) is 5.92 Å². The molecule has 0 spiro atoms. The Kier molecular flexibility index (Phi) is 4.10. The predicted octanol–water partition coefficient (Wildman–Crippen LogP) is 3.16. The topological polar surface area (TPSA) is 39.1 Å². The van der Waals surface area contributed by atoms with E-state index in [1.165, 1.54) is 5.56 Å². The van der Waals surface area contributed by atoms with E-state index < -0.39 is 0 Å². The molecule has 0 aliphatic rings. The number of rotatable bonds is 5.